The van der Waals surface area contributed by atoms with E-state index >= 15 is 0 Å². The molecule has 2 saturated carbocycles. The molecule has 0 atom stereocenters. The lowest BCUT2D eigenvalue weighted by Gasteiger charge is -2.13. The molecule has 3 aromatic carbocycles. The van der Waals surface area contributed by atoms with E-state index in [9.17, 15) is 40.3 Å². The van der Waals surface area contributed by atoms with Crippen LogP contribution in [0.2, 0.25) is 0 Å². The lowest BCUT2D eigenvalue weighted by molar-refractivity contribution is -0.132. The van der Waals surface area contributed by atoms with E-state index in [2.05, 4.69) is 52.0 Å². The number of fused-ring (bicyclic) bond motifs is 2. The number of alkyl halides is 6. The maximum atomic E-state index is 14.3. The molecule has 2 aliphatic rings. The fraction of sp³-hybridized carbons (Fsp3) is 0.319. The van der Waals surface area contributed by atoms with Gasteiger partial charge in [0.1, 0.15) is 15.4 Å². The molecule has 0 aliphatic heterocycles. The molecule has 9 rings (SSSR count). The summed E-state index contributed by atoms with van der Waals surface area (Å²) in [5.74, 6) is 0.141. The molecule has 0 spiro atoms. The number of carbonyl (C=O) groups is 2. The van der Waals surface area contributed by atoms with Gasteiger partial charge in [-0.15, -0.1) is 0 Å². The molecule has 20 heteroatoms. The van der Waals surface area contributed by atoms with Crippen LogP contribution in [0, 0.1) is 25.6 Å². The third-order valence-corrected chi connectivity index (χ3v) is 12.4. The number of amides is 1. The highest BCUT2D eigenvalue weighted by Crippen LogP contribution is 2.36. The Morgan fingerprint density at radius 2 is 1.28 bits per heavy atom. The topological polar surface area (TPSA) is 131 Å². The van der Waals surface area contributed by atoms with Gasteiger partial charge in [0.25, 0.3) is 5.91 Å². The maximum Gasteiger partial charge on any atom is 0.390 e. The van der Waals surface area contributed by atoms with E-state index in [1.165, 1.54) is 10.6 Å². The number of halogens is 8. The van der Waals surface area contributed by atoms with Crippen molar-refractivity contribution in [3.63, 3.8) is 0 Å². The van der Waals surface area contributed by atoms with E-state index in [1.54, 1.807) is 59.4 Å². The quantitative estimate of drug-likeness (QED) is 0.0679. The third-order valence-electron chi connectivity index (χ3n) is 11.1. The summed E-state index contributed by atoms with van der Waals surface area (Å²) in [7, 11) is 0. The van der Waals surface area contributed by atoms with E-state index in [0.717, 1.165) is 65.3 Å². The van der Waals surface area contributed by atoms with Crippen molar-refractivity contribution in [2.24, 2.45) is 5.92 Å². The Kier molecular flexibility index (Phi) is 13.9. The van der Waals surface area contributed by atoms with Gasteiger partial charge in [0.05, 0.1) is 48.0 Å². The Hall–Kier alpha value is -6.02. The molecular formula is C47H43BrF7N9O2S. The van der Waals surface area contributed by atoms with Crippen molar-refractivity contribution >= 4 is 62.1 Å². The largest absolute Gasteiger partial charge is 0.390 e. The second-order valence-electron chi connectivity index (χ2n) is 16.5. The molecule has 7 aromatic rings. The predicted octanol–water partition coefficient (Wildman–Crippen LogP) is 12.1. The van der Waals surface area contributed by atoms with Crippen LogP contribution in [0.4, 0.5) is 42.1 Å². The van der Waals surface area contributed by atoms with Gasteiger partial charge in [-0.1, -0.05) is 42.1 Å². The number of benzene rings is 3. The van der Waals surface area contributed by atoms with Crippen molar-refractivity contribution in [1.82, 2.24) is 34.5 Å². The molecule has 0 saturated heterocycles. The predicted molar refractivity (Wildman–Crippen MR) is 245 cm³/mol. The summed E-state index contributed by atoms with van der Waals surface area (Å²) in [6.45, 7) is 3.14. The summed E-state index contributed by atoms with van der Waals surface area (Å²) in [6.07, 6.45) is -2.47. The number of Topliss-reactive ketones (excluding diaryl/α,β-unsaturated/α-hetero) is 1. The number of hydrogen-bond acceptors (Lipinski definition) is 9. The van der Waals surface area contributed by atoms with Crippen LogP contribution in [-0.2, 0) is 0 Å². The van der Waals surface area contributed by atoms with E-state index in [1.807, 2.05) is 38.1 Å². The highest BCUT2D eigenvalue weighted by Gasteiger charge is 2.29. The number of anilines is 2. The second kappa shape index (κ2) is 19.7. The van der Waals surface area contributed by atoms with Crippen molar-refractivity contribution in [3.8, 4) is 22.5 Å². The minimum atomic E-state index is -4.31. The Bertz CT molecular complexity index is 2970. The van der Waals surface area contributed by atoms with Gasteiger partial charge < -0.3 is 16.0 Å². The zero-order valence-corrected chi connectivity index (χ0v) is 38.4. The molecule has 4 heterocycles. The number of imidazole rings is 2. The first-order valence-corrected chi connectivity index (χ1v) is 23.0. The molecule has 350 valence electrons. The molecule has 3 N–H and O–H groups in total. The lowest BCUT2D eigenvalue weighted by Crippen LogP contribution is -2.26. The summed E-state index contributed by atoms with van der Waals surface area (Å²) in [5, 5.41) is 18.0. The number of nitrogens with zero attached hydrogens (tertiary/aromatic N) is 6. The van der Waals surface area contributed by atoms with Crippen LogP contribution in [-0.4, -0.2) is 72.4 Å². The van der Waals surface area contributed by atoms with Crippen LogP contribution in [0.15, 0.2) is 99.7 Å². The molecule has 2 fully saturated rings. The highest BCUT2D eigenvalue weighted by molar-refractivity contribution is 9.10. The zero-order valence-electron chi connectivity index (χ0n) is 36.0. The molecule has 67 heavy (non-hydrogen) atoms. The maximum absolute atomic E-state index is 14.3. The van der Waals surface area contributed by atoms with E-state index in [4.69, 9.17) is 0 Å². The molecular weight excluding hydrogens is 968 g/mol. The lowest BCUT2D eigenvalue weighted by atomic mass is 9.98. The van der Waals surface area contributed by atoms with E-state index < -0.39 is 31.0 Å². The van der Waals surface area contributed by atoms with E-state index in [0.29, 0.717) is 66.5 Å². The highest BCUT2D eigenvalue weighted by atomic mass is 79.9. The molecule has 0 bridgehead atoms. The third kappa shape index (κ3) is 12.1. The van der Waals surface area contributed by atoms with Crippen LogP contribution in [0.25, 0.3) is 33.8 Å². The van der Waals surface area contributed by atoms with Gasteiger partial charge in [-0.25, -0.2) is 23.4 Å². The van der Waals surface area contributed by atoms with Crippen molar-refractivity contribution in [1.29, 1.82) is 0 Å². The summed E-state index contributed by atoms with van der Waals surface area (Å²) in [6, 6.07) is 20.6. The van der Waals surface area contributed by atoms with Gasteiger partial charge in [0, 0.05) is 52.7 Å². The Morgan fingerprint density at radius 1 is 0.731 bits per heavy atom. The van der Waals surface area contributed by atoms with Gasteiger partial charge in [0.2, 0.25) is 0 Å². The fourth-order valence-corrected chi connectivity index (χ4v) is 8.53. The molecule has 1 amide bonds. The van der Waals surface area contributed by atoms with Gasteiger partial charge in [-0.3, -0.25) is 9.59 Å². The number of aromatic nitrogens is 6. The standard InChI is InChI=1S/C26H23F4N5OS.C21H20BrF3N4O/c1-15-12-16(6-9-18(15)25(36)33-17-7-8-17)21-14-32-24-20(31-11-10-26(28,29)30)13-23(34-35(21)24)37-22-5-3-2-4-19(22)27;1-12-8-14(4-5-15(12)18(30)9-13-2-3-13)17-11-27-20-16(10-19(22)28-29(17)20)26-7-6-21(23,24)25/h2-6,9,12-14,17,31H,7-8,10-11H2,1H3,(H,33,36);4-5,8,10-11,13,26H,2-3,6-7,9H2,1H3. The molecule has 11 nitrogen and oxygen atoms in total. The molecule has 4 aromatic heterocycles. The summed E-state index contributed by atoms with van der Waals surface area (Å²) >= 11 is 4.37. The summed E-state index contributed by atoms with van der Waals surface area (Å²) < 4.78 is 93.6. The zero-order chi connectivity index (χ0) is 47.6. The van der Waals surface area contributed by atoms with Crippen molar-refractivity contribution in [3.05, 3.63) is 118 Å². The minimum Gasteiger partial charge on any atom is -0.382 e. The number of carbonyl (C=O) groups excluding carboxylic acids is 2. The smallest absolute Gasteiger partial charge is 0.382 e. The fourth-order valence-electron chi connectivity index (χ4n) is 7.30. The van der Waals surface area contributed by atoms with E-state index in [-0.39, 0.29) is 30.8 Å². The van der Waals surface area contributed by atoms with Crippen LogP contribution >= 0.6 is 27.7 Å². The number of ketones is 1. The number of rotatable bonds is 15. The van der Waals surface area contributed by atoms with Crippen LogP contribution in [0.5, 0.6) is 0 Å². The average molecular weight is 1010 g/mol. The Morgan fingerprint density at radius 3 is 1.82 bits per heavy atom. The van der Waals surface area contributed by atoms with Crippen molar-refractivity contribution < 1.29 is 40.3 Å². The van der Waals surface area contributed by atoms with Crippen molar-refractivity contribution in [2.75, 3.05) is 23.7 Å². The van der Waals surface area contributed by atoms with Crippen LogP contribution < -0.4 is 16.0 Å². The Labute approximate surface area is 392 Å². The summed E-state index contributed by atoms with van der Waals surface area (Å²) in [5.41, 5.74) is 7.36. The first-order chi connectivity index (χ1) is 31.9. The first kappa shape index (κ1) is 47.5. The van der Waals surface area contributed by atoms with Gasteiger partial charge >= 0.3 is 12.4 Å². The minimum absolute atomic E-state index is 0.123. The molecule has 2 aliphatic carbocycles. The number of nitrogens with one attached hydrogen (secondary N) is 3. The monoisotopic (exact) mass is 1010 g/mol. The van der Waals surface area contributed by atoms with Gasteiger partial charge in [-0.2, -0.15) is 36.5 Å². The number of aryl methyl sites for hydroxylation is 2. The molecule has 0 unspecified atom stereocenters. The normalized spacial score (nSPS) is 13.9. The van der Waals surface area contributed by atoms with Crippen LogP contribution in [0.3, 0.4) is 0 Å². The van der Waals surface area contributed by atoms with Crippen molar-refractivity contribution in [2.45, 2.75) is 87.1 Å². The first-order valence-electron chi connectivity index (χ1n) is 21.4. The Balaban J connectivity index is 0.000000186. The van der Waals surface area contributed by atoms with Crippen LogP contribution in [0.1, 0.15) is 76.8 Å². The van der Waals surface area contributed by atoms with Gasteiger partial charge in [0.15, 0.2) is 17.1 Å². The second-order valence-corrected chi connectivity index (χ2v) is 18.4. The molecule has 0 radical (unpaired) electrons. The SMILES string of the molecule is Cc1cc(-c2cnc3c(NCCC(F)(F)F)cc(Br)nn23)ccc1C(=O)CC1CC1.Cc1cc(-c2cnc3c(NCCC(F)(F)F)cc(Sc4ccccc4F)nn23)ccc1C(=O)NC1CC1. The van der Waals surface area contributed by atoms with Gasteiger partial charge in [-0.05, 0) is 115 Å². The average Bonchev–Trinajstić information content (AvgIpc) is 4.17. The number of hydrogen-bond donors (Lipinski definition) is 3. The summed E-state index contributed by atoms with van der Waals surface area (Å²) in [4.78, 5) is 34.1.